The van der Waals surface area contributed by atoms with Gasteiger partial charge >= 0.3 is 0 Å². The Bertz CT molecular complexity index is 627. The van der Waals surface area contributed by atoms with Crippen LogP contribution in [0.5, 0.6) is 5.75 Å². The van der Waals surface area contributed by atoms with Crippen molar-refractivity contribution in [2.45, 2.75) is 20.3 Å². The molecule has 0 unspecified atom stereocenters. The minimum Gasteiger partial charge on any atom is -0.491 e. The molecule has 2 aromatic carbocycles. The number of piperidine rings is 1. The number of rotatable bonds is 7. The third-order valence-electron chi connectivity index (χ3n) is 4.91. The predicted molar refractivity (Wildman–Crippen MR) is 98.8 cm³/mol. The van der Waals surface area contributed by atoms with Gasteiger partial charge in [0.25, 0.3) is 0 Å². The Kier molecular flexibility index (Phi) is 6.11. The van der Waals surface area contributed by atoms with Crippen LogP contribution in [0, 0.1) is 11.8 Å². The number of ether oxygens (including phenoxy) is 2. The van der Waals surface area contributed by atoms with Crippen molar-refractivity contribution in [3.8, 4) is 5.75 Å². The molecule has 3 rings (SSSR count). The molecule has 1 aliphatic heterocycles. The molecule has 0 radical (unpaired) electrons. The van der Waals surface area contributed by atoms with E-state index in [-0.39, 0.29) is 0 Å². The highest BCUT2D eigenvalue weighted by atomic mass is 16.5. The van der Waals surface area contributed by atoms with Gasteiger partial charge in [0.15, 0.2) is 0 Å². The molecule has 24 heavy (non-hydrogen) atoms. The molecule has 1 aliphatic rings. The van der Waals surface area contributed by atoms with Crippen LogP contribution in [0.25, 0.3) is 10.8 Å². The lowest BCUT2D eigenvalue weighted by molar-refractivity contribution is -0.912. The Morgan fingerprint density at radius 2 is 1.67 bits per heavy atom. The maximum Gasteiger partial charge on any atom is 0.127 e. The average Bonchev–Trinajstić information content (AvgIpc) is 2.57. The molecule has 0 saturated carbocycles. The van der Waals surface area contributed by atoms with Gasteiger partial charge in [-0.1, -0.05) is 50.2 Å². The van der Waals surface area contributed by atoms with Crippen molar-refractivity contribution in [1.82, 2.24) is 0 Å². The van der Waals surface area contributed by atoms with E-state index in [0.29, 0.717) is 13.2 Å². The first kappa shape index (κ1) is 17.2. The Balaban J connectivity index is 1.37. The van der Waals surface area contributed by atoms with Crippen molar-refractivity contribution in [2.75, 3.05) is 39.5 Å². The molecule has 3 heteroatoms. The second-order valence-electron chi connectivity index (χ2n) is 7.29. The van der Waals surface area contributed by atoms with Crippen LogP contribution in [0.4, 0.5) is 0 Å². The molecule has 0 amide bonds. The van der Waals surface area contributed by atoms with Crippen LogP contribution in [-0.2, 0) is 4.74 Å². The summed E-state index contributed by atoms with van der Waals surface area (Å²) in [5, 5.41) is 2.38. The van der Waals surface area contributed by atoms with Crippen molar-refractivity contribution in [3.63, 3.8) is 0 Å². The van der Waals surface area contributed by atoms with Gasteiger partial charge in [0.05, 0.1) is 26.3 Å². The smallest absolute Gasteiger partial charge is 0.127 e. The Morgan fingerprint density at radius 1 is 0.917 bits per heavy atom. The maximum absolute atomic E-state index is 5.91. The van der Waals surface area contributed by atoms with E-state index in [1.165, 1.54) is 30.3 Å². The number of nitrogens with one attached hydrogen (secondary N) is 1. The quantitative estimate of drug-likeness (QED) is 0.790. The minimum atomic E-state index is 0.607. The normalized spacial score (nSPS) is 24.2. The molecule has 2 atom stereocenters. The predicted octanol–water partition coefficient (Wildman–Crippen LogP) is 2.80. The Hall–Kier alpha value is -1.58. The summed E-state index contributed by atoms with van der Waals surface area (Å²) in [6.45, 7) is 10.5. The summed E-state index contributed by atoms with van der Waals surface area (Å²) in [6.07, 6.45) is 1.38. The van der Waals surface area contributed by atoms with Crippen LogP contribution in [0.1, 0.15) is 20.3 Å². The van der Waals surface area contributed by atoms with Gasteiger partial charge in [-0.15, -0.1) is 0 Å². The minimum absolute atomic E-state index is 0.607. The van der Waals surface area contributed by atoms with Gasteiger partial charge in [0.1, 0.15) is 18.9 Å². The highest BCUT2D eigenvalue weighted by Crippen LogP contribution is 2.24. The van der Waals surface area contributed by atoms with Gasteiger partial charge in [-0.25, -0.2) is 0 Å². The molecule has 0 aliphatic carbocycles. The largest absolute Gasteiger partial charge is 0.491 e. The molecule has 2 aromatic rings. The number of benzene rings is 2. The highest BCUT2D eigenvalue weighted by Gasteiger charge is 2.24. The summed E-state index contributed by atoms with van der Waals surface area (Å²) in [6, 6.07) is 14.5. The fraction of sp³-hybridized carbons (Fsp3) is 0.524. The van der Waals surface area contributed by atoms with Gasteiger partial charge in [0.2, 0.25) is 0 Å². The fourth-order valence-electron chi connectivity index (χ4n) is 3.98. The molecular weight excluding hydrogens is 298 g/mol. The second kappa shape index (κ2) is 8.50. The zero-order valence-corrected chi connectivity index (χ0v) is 15.0. The third kappa shape index (κ3) is 4.71. The molecule has 1 fully saturated rings. The maximum atomic E-state index is 5.91. The number of fused-ring (bicyclic) bond motifs is 1. The van der Waals surface area contributed by atoms with E-state index in [2.05, 4.69) is 44.2 Å². The van der Waals surface area contributed by atoms with E-state index in [4.69, 9.17) is 9.47 Å². The van der Waals surface area contributed by atoms with Crippen LogP contribution in [0.15, 0.2) is 42.5 Å². The Labute approximate surface area is 145 Å². The van der Waals surface area contributed by atoms with E-state index in [1.807, 2.05) is 12.1 Å². The van der Waals surface area contributed by atoms with E-state index >= 15 is 0 Å². The molecular formula is C21H30NO2+. The molecule has 0 bridgehead atoms. The molecule has 0 spiro atoms. The highest BCUT2D eigenvalue weighted by molar-refractivity contribution is 5.88. The van der Waals surface area contributed by atoms with Gasteiger partial charge in [0, 0.05) is 17.2 Å². The summed E-state index contributed by atoms with van der Waals surface area (Å²) in [4.78, 5) is 1.69. The lowest BCUT2D eigenvalue weighted by atomic mass is 9.92. The summed E-state index contributed by atoms with van der Waals surface area (Å²) < 4.78 is 11.7. The van der Waals surface area contributed by atoms with Crippen LogP contribution in [-0.4, -0.2) is 39.5 Å². The summed E-state index contributed by atoms with van der Waals surface area (Å²) in [5.41, 5.74) is 0. The lowest BCUT2D eigenvalue weighted by Crippen LogP contribution is -3.14. The third-order valence-corrected chi connectivity index (χ3v) is 4.91. The van der Waals surface area contributed by atoms with Crippen molar-refractivity contribution >= 4 is 10.8 Å². The zero-order chi connectivity index (χ0) is 16.8. The SMILES string of the molecule is C[C@@H]1C[C@@H](C)C[NH+](CCOCCOc2cccc3ccccc23)C1. The standard InChI is InChI=1S/C21H29NO2/c1-17-14-18(2)16-22(15-17)10-11-23-12-13-24-21-9-5-7-19-6-3-4-8-20(19)21/h3-9,17-18H,10-16H2,1-2H3/p+1/t17-,18-/m1/s1. The lowest BCUT2D eigenvalue weighted by Gasteiger charge is -2.31. The van der Waals surface area contributed by atoms with Crippen LogP contribution < -0.4 is 9.64 Å². The molecule has 130 valence electrons. The molecule has 0 aromatic heterocycles. The zero-order valence-electron chi connectivity index (χ0n) is 15.0. The van der Waals surface area contributed by atoms with E-state index in [0.717, 1.165) is 30.7 Å². The van der Waals surface area contributed by atoms with E-state index in [1.54, 1.807) is 4.90 Å². The molecule has 3 nitrogen and oxygen atoms in total. The van der Waals surface area contributed by atoms with Crippen molar-refractivity contribution < 1.29 is 14.4 Å². The van der Waals surface area contributed by atoms with Gasteiger partial charge in [-0.2, -0.15) is 0 Å². The first-order valence-electron chi connectivity index (χ1n) is 9.24. The van der Waals surface area contributed by atoms with E-state index in [9.17, 15) is 0 Å². The summed E-state index contributed by atoms with van der Waals surface area (Å²) >= 11 is 0. The summed E-state index contributed by atoms with van der Waals surface area (Å²) in [5.74, 6) is 2.64. The van der Waals surface area contributed by atoms with Crippen LogP contribution in [0.3, 0.4) is 0 Å². The second-order valence-corrected chi connectivity index (χ2v) is 7.29. The first-order valence-corrected chi connectivity index (χ1v) is 9.24. The fourth-order valence-corrected chi connectivity index (χ4v) is 3.98. The summed E-state index contributed by atoms with van der Waals surface area (Å²) in [7, 11) is 0. The van der Waals surface area contributed by atoms with Gasteiger partial charge in [-0.3, -0.25) is 0 Å². The number of likely N-dealkylation sites (tertiary alicyclic amines) is 1. The van der Waals surface area contributed by atoms with Gasteiger partial charge in [-0.05, 0) is 17.9 Å². The molecule has 1 saturated heterocycles. The van der Waals surface area contributed by atoms with Crippen molar-refractivity contribution in [3.05, 3.63) is 42.5 Å². The number of hydrogen-bond donors (Lipinski definition) is 1. The van der Waals surface area contributed by atoms with E-state index < -0.39 is 0 Å². The number of quaternary nitrogens is 1. The van der Waals surface area contributed by atoms with Crippen molar-refractivity contribution in [2.24, 2.45) is 11.8 Å². The average molecular weight is 328 g/mol. The topological polar surface area (TPSA) is 22.9 Å². The first-order chi connectivity index (χ1) is 11.7. The Morgan fingerprint density at radius 3 is 2.50 bits per heavy atom. The van der Waals surface area contributed by atoms with Crippen LogP contribution in [0.2, 0.25) is 0 Å². The van der Waals surface area contributed by atoms with Crippen molar-refractivity contribution in [1.29, 1.82) is 0 Å². The molecule has 1 N–H and O–H groups in total. The van der Waals surface area contributed by atoms with Crippen LogP contribution >= 0.6 is 0 Å². The number of hydrogen-bond acceptors (Lipinski definition) is 2. The molecule has 1 heterocycles. The van der Waals surface area contributed by atoms with Gasteiger partial charge < -0.3 is 14.4 Å². The monoisotopic (exact) mass is 328 g/mol.